The van der Waals surface area contributed by atoms with Crippen LogP contribution in [-0.2, 0) is 23.2 Å². The molecule has 3 rings (SSSR count). The molecule has 1 aliphatic carbocycles. The number of hydrogen-bond acceptors (Lipinski definition) is 3. The number of rotatable bonds is 3. The van der Waals surface area contributed by atoms with Gasteiger partial charge in [-0.2, -0.15) is 13.2 Å². The SMILES string of the molecule is O=C(NCc1cccc(C(F)(F)F)c1Cl)[C@@]1(F)CC[C@@H](O)c2ncccc21. The number of amides is 1. The van der Waals surface area contributed by atoms with Gasteiger partial charge < -0.3 is 10.4 Å². The first kappa shape index (κ1) is 19.6. The fourth-order valence-electron chi connectivity index (χ4n) is 3.11. The number of benzene rings is 1. The average Bonchev–Trinajstić information content (AvgIpc) is 2.63. The molecule has 0 spiro atoms. The van der Waals surface area contributed by atoms with Crippen molar-refractivity contribution in [2.45, 2.75) is 37.3 Å². The monoisotopic (exact) mass is 402 g/mol. The van der Waals surface area contributed by atoms with Gasteiger partial charge in [-0.05, 0) is 30.5 Å². The number of carbonyl (C=O) groups excluding carboxylic acids is 1. The minimum atomic E-state index is -4.64. The molecule has 1 heterocycles. The highest BCUT2D eigenvalue weighted by molar-refractivity contribution is 6.32. The zero-order valence-electron chi connectivity index (χ0n) is 13.9. The van der Waals surface area contributed by atoms with Crippen LogP contribution in [0, 0.1) is 0 Å². The first-order valence-electron chi connectivity index (χ1n) is 8.10. The Balaban J connectivity index is 1.82. The van der Waals surface area contributed by atoms with E-state index in [4.69, 9.17) is 11.6 Å². The first-order chi connectivity index (χ1) is 12.6. The Bertz CT molecular complexity index is 875. The summed E-state index contributed by atoms with van der Waals surface area (Å²) in [5.41, 5.74) is -3.40. The number of aromatic nitrogens is 1. The average molecular weight is 403 g/mol. The van der Waals surface area contributed by atoms with Gasteiger partial charge in [0.25, 0.3) is 5.91 Å². The van der Waals surface area contributed by atoms with E-state index in [2.05, 4.69) is 10.3 Å². The maximum absolute atomic E-state index is 15.4. The van der Waals surface area contributed by atoms with Crippen LogP contribution in [0.3, 0.4) is 0 Å². The van der Waals surface area contributed by atoms with E-state index in [1.54, 1.807) is 0 Å². The molecule has 2 N–H and O–H groups in total. The number of halogens is 5. The zero-order valence-corrected chi connectivity index (χ0v) is 14.6. The molecule has 4 nitrogen and oxygen atoms in total. The minimum Gasteiger partial charge on any atom is -0.387 e. The van der Waals surface area contributed by atoms with Crippen molar-refractivity contribution in [1.29, 1.82) is 0 Å². The topological polar surface area (TPSA) is 62.2 Å². The molecule has 0 aliphatic heterocycles. The molecule has 144 valence electrons. The molecule has 1 amide bonds. The van der Waals surface area contributed by atoms with E-state index in [-0.39, 0.29) is 36.2 Å². The van der Waals surface area contributed by atoms with Crippen molar-refractivity contribution in [1.82, 2.24) is 10.3 Å². The normalized spacial score (nSPS) is 22.2. The third kappa shape index (κ3) is 3.64. The fraction of sp³-hybridized carbons (Fsp3) is 0.333. The van der Waals surface area contributed by atoms with Gasteiger partial charge in [0.2, 0.25) is 5.67 Å². The molecule has 0 unspecified atom stereocenters. The van der Waals surface area contributed by atoms with Crippen LogP contribution in [0.25, 0.3) is 0 Å². The summed E-state index contributed by atoms with van der Waals surface area (Å²) in [6.07, 6.45) is -4.50. The molecule has 0 saturated carbocycles. The number of nitrogens with zero attached hydrogens (tertiary/aromatic N) is 1. The van der Waals surface area contributed by atoms with E-state index in [9.17, 15) is 23.1 Å². The second kappa shape index (κ2) is 7.09. The van der Waals surface area contributed by atoms with Gasteiger partial charge >= 0.3 is 6.18 Å². The van der Waals surface area contributed by atoms with Gasteiger partial charge in [0.05, 0.1) is 22.4 Å². The van der Waals surface area contributed by atoms with Crippen molar-refractivity contribution in [3.8, 4) is 0 Å². The van der Waals surface area contributed by atoms with Crippen LogP contribution in [-0.4, -0.2) is 16.0 Å². The molecule has 1 aromatic heterocycles. The van der Waals surface area contributed by atoms with Crippen molar-refractivity contribution in [3.63, 3.8) is 0 Å². The van der Waals surface area contributed by atoms with Gasteiger partial charge in [0.15, 0.2) is 0 Å². The maximum Gasteiger partial charge on any atom is 0.417 e. The second-order valence-corrected chi connectivity index (χ2v) is 6.63. The Hall–Kier alpha value is -2.19. The van der Waals surface area contributed by atoms with Gasteiger partial charge in [-0.15, -0.1) is 0 Å². The summed E-state index contributed by atoms with van der Waals surface area (Å²) in [5, 5.41) is 11.7. The largest absolute Gasteiger partial charge is 0.417 e. The molecule has 0 fully saturated rings. The van der Waals surface area contributed by atoms with Crippen molar-refractivity contribution >= 4 is 17.5 Å². The quantitative estimate of drug-likeness (QED) is 0.761. The van der Waals surface area contributed by atoms with Gasteiger partial charge in [-0.3, -0.25) is 9.78 Å². The maximum atomic E-state index is 15.4. The summed E-state index contributed by atoms with van der Waals surface area (Å²) >= 11 is 5.79. The van der Waals surface area contributed by atoms with Crippen LogP contribution >= 0.6 is 11.6 Å². The van der Waals surface area contributed by atoms with Crippen LogP contribution in [0.5, 0.6) is 0 Å². The lowest BCUT2D eigenvalue weighted by Gasteiger charge is -2.32. The molecule has 27 heavy (non-hydrogen) atoms. The molecule has 0 radical (unpaired) electrons. The van der Waals surface area contributed by atoms with E-state index in [0.29, 0.717) is 0 Å². The lowest BCUT2D eigenvalue weighted by Crippen LogP contribution is -2.44. The van der Waals surface area contributed by atoms with E-state index in [1.165, 1.54) is 24.4 Å². The molecule has 1 aromatic carbocycles. The number of aliphatic hydroxyl groups excluding tert-OH is 1. The first-order valence-corrected chi connectivity index (χ1v) is 8.47. The second-order valence-electron chi connectivity index (χ2n) is 6.25. The predicted molar refractivity (Wildman–Crippen MR) is 89.5 cm³/mol. The number of pyridine rings is 1. The number of fused-ring (bicyclic) bond motifs is 1. The molecule has 2 atom stereocenters. The van der Waals surface area contributed by atoms with Crippen LogP contribution in [0.2, 0.25) is 5.02 Å². The van der Waals surface area contributed by atoms with Gasteiger partial charge in [-0.1, -0.05) is 29.8 Å². The van der Waals surface area contributed by atoms with Gasteiger partial charge in [-0.25, -0.2) is 4.39 Å². The third-order valence-electron chi connectivity index (χ3n) is 4.53. The van der Waals surface area contributed by atoms with E-state index in [1.807, 2.05) is 0 Å². The summed E-state index contributed by atoms with van der Waals surface area (Å²) in [4.78, 5) is 16.4. The van der Waals surface area contributed by atoms with E-state index < -0.39 is 34.4 Å². The standard InChI is InChI=1S/C18H15ClF4N2O2/c19-14-10(3-1-4-11(14)18(21,22)23)9-25-16(27)17(20)7-6-13(26)15-12(17)5-2-8-24-15/h1-5,8,13,26H,6-7,9H2,(H,25,27)/t13-,17-/m1/s1. The third-order valence-corrected chi connectivity index (χ3v) is 4.97. The molecule has 0 saturated heterocycles. The Labute approximate surface area is 157 Å². The molecule has 9 heteroatoms. The fourth-order valence-corrected chi connectivity index (χ4v) is 3.41. The molecule has 2 aromatic rings. The number of aliphatic hydroxyl groups is 1. The Morgan fingerprint density at radius 3 is 2.78 bits per heavy atom. The van der Waals surface area contributed by atoms with Gasteiger partial charge in [0.1, 0.15) is 0 Å². The summed E-state index contributed by atoms with van der Waals surface area (Å²) in [7, 11) is 0. The Morgan fingerprint density at radius 2 is 2.07 bits per heavy atom. The number of carbonyl (C=O) groups is 1. The van der Waals surface area contributed by atoms with Crippen molar-refractivity contribution in [2.24, 2.45) is 0 Å². The smallest absolute Gasteiger partial charge is 0.387 e. The summed E-state index contributed by atoms with van der Waals surface area (Å²) in [6, 6.07) is 6.12. The predicted octanol–water partition coefficient (Wildman–Crippen LogP) is 4.06. The highest BCUT2D eigenvalue weighted by atomic mass is 35.5. The highest BCUT2D eigenvalue weighted by Crippen LogP contribution is 2.42. The van der Waals surface area contributed by atoms with Gasteiger partial charge in [0, 0.05) is 18.3 Å². The summed E-state index contributed by atoms with van der Waals surface area (Å²) in [6.45, 7) is -0.370. The van der Waals surface area contributed by atoms with Crippen LogP contribution in [0.1, 0.15) is 41.3 Å². The summed E-state index contributed by atoms with van der Waals surface area (Å²) in [5.74, 6) is -1.02. The Morgan fingerprint density at radius 1 is 1.33 bits per heavy atom. The molecule has 1 aliphatic rings. The zero-order chi connectivity index (χ0) is 19.8. The highest BCUT2D eigenvalue weighted by Gasteiger charge is 2.46. The number of nitrogens with one attached hydrogen (secondary N) is 1. The number of hydrogen-bond donors (Lipinski definition) is 2. The van der Waals surface area contributed by atoms with E-state index >= 15 is 4.39 Å². The lowest BCUT2D eigenvalue weighted by atomic mass is 9.81. The molecular formula is C18H15ClF4N2O2. The van der Waals surface area contributed by atoms with E-state index in [0.717, 1.165) is 12.1 Å². The summed E-state index contributed by atoms with van der Waals surface area (Å²) < 4.78 is 54.2. The van der Waals surface area contributed by atoms with Crippen LogP contribution in [0.4, 0.5) is 17.6 Å². The Kier molecular flexibility index (Phi) is 5.14. The van der Waals surface area contributed by atoms with Crippen LogP contribution < -0.4 is 5.32 Å². The molecular weight excluding hydrogens is 388 g/mol. The van der Waals surface area contributed by atoms with Crippen LogP contribution in [0.15, 0.2) is 36.5 Å². The number of alkyl halides is 4. The van der Waals surface area contributed by atoms with Crippen molar-refractivity contribution < 1.29 is 27.5 Å². The minimum absolute atomic E-state index is 0.00174. The molecule has 0 bridgehead atoms. The van der Waals surface area contributed by atoms with Crippen molar-refractivity contribution in [3.05, 3.63) is 63.9 Å². The lowest BCUT2D eigenvalue weighted by molar-refractivity contribution is -0.137. The van der Waals surface area contributed by atoms with Crippen molar-refractivity contribution in [2.75, 3.05) is 0 Å².